The lowest BCUT2D eigenvalue weighted by atomic mass is 9.86. The van der Waals surface area contributed by atoms with E-state index in [0.29, 0.717) is 34.2 Å². The molecule has 82 heavy (non-hydrogen) atoms. The summed E-state index contributed by atoms with van der Waals surface area (Å²) in [5, 5.41) is 34.6. The van der Waals surface area contributed by atoms with Gasteiger partial charge in [0.15, 0.2) is 17.5 Å². The molecule has 0 saturated carbocycles. The Morgan fingerprint density at radius 3 is 1.07 bits per heavy atom. The summed E-state index contributed by atoms with van der Waals surface area (Å²) in [5.41, 5.74) is 17.6. The number of aromatic nitrogens is 5. The molecule has 0 bridgehead atoms. The van der Waals surface area contributed by atoms with Crippen molar-refractivity contribution in [2.75, 3.05) is 0 Å². The Balaban J connectivity index is 1.13. The average molecular weight is 1060 g/mol. The van der Waals surface area contributed by atoms with Crippen molar-refractivity contribution in [2.45, 2.75) is 52.4 Å². The lowest BCUT2D eigenvalue weighted by molar-refractivity contribution is 0.591. The first-order valence-corrected chi connectivity index (χ1v) is 27.5. The van der Waals surface area contributed by atoms with Gasteiger partial charge in [-0.15, -0.1) is 0 Å². The molecule has 13 rings (SSSR count). The lowest BCUT2D eigenvalue weighted by Crippen LogP contribution is -2.10. The molecular formula is C74H54N8. The number of fused-ring (bicyclic) bond motifs is 6. The number of rotatable bonds is 8. The second kappa shape index (κ2) is 19.9. The fraction of sp³-hybridized carbons (Fsp3) is 0.108. The minimum Gasteiger partial charge on any atom is -0.308 e. The highest BCUT2D eigenvalue weighted by atomic mass is 15.1. The van der Waals surface area contributed by atoms with Gasteiger partial charge in [-0.3, -0.25) is 0 Å². The smallest absolute Gasteiger partial charge is 0.166 e. The quantitative estimate of drug-likeness (QED) is 0.149. The van der Waals surface area contributed by atoms with Crippen LogP contribution in [0.5, 0.6) is 0 Å². The highest BCUT2D eigenvalue weighted by Gasteiger charge is 2.26. The zero-order chi connectivity index (χ0) is 56.4. The molecule has 0 amide bonds. The molecule has 0 aliphatic heterocycles. The Morgan fingerprint density at radius 1 is 0.305 bits per heavy atom. The first kappa shape index (κ1) is 50.8. The van der Waals surface area contributed by atoms with Gasteiger partial charge in [0, 0.05) is 38.2 Å². The van der Waals surface area contributed by atoms with Crippen LogP contribution >= 0.6 is 0 Å². The van der Waals surface area contributed by atoms with Crippen LogP contribution in [0.15, 0.2) is 218 Å². The van der Waals surface area contributed by atoms with Crippen molar-refractivity contribution in [1.29, 1.82) is 15.8 Å². The van der Waals surface area contributed by atoms with Gasteiger partial charge in [0.2, 0.25) is 0 Å². The molecule has 8 heteroatoms. The number of para-hydroxylation sites is 2. The van der Waals surface area contributed by atoms with Crippen molar-refractivity contribution in [3.8, 4) is 97.1 Å². The van der Waals surface area contributed by atoms with Gasteiger partial charge in [-0.2, -0.15) is 15.8 Å². The minimum absolute atomic E-state index is 0.0892. The summed E-state index contributed by atoms with van der Waals surface area (Å²) in [5.74, 6) is 1.37. The van der Waals surface area contributed by atoms with E-state index >= 15 is 0 Å². The van der Waals surface area contributed by atoms with Crippen molar-refractivity contribution in [2.24, 2.45) is 0 Å². The zero-order valence-corrected chi connectivity index (χ0v) is 46.4. The average Bonchev–Trinajstić information content (AvgIpc) is 2.96. The molecule has 10 aromatic carbocycles. The molecule has 390 valence electrons. The third-order valence-electron chi connectivity index (χ3n) is 15.8. The number of nitriles is 3. The fourth-order valence-electron chi connectivity index (χ4n) is 11.5. The molecular weight excluding hydrogens is 1000 g/mol. The topological polar surface area (TPSA) is 120 Å². The Kier molecular flexibility index (Phi) is 12.3. The molecule has 0 unspecified atom stereocenters. The van der Waals surface area contributed by atoms with Crippen LogP contribution in [-0.4, -0.2) is 24.1 Å². The van der Waals surface area contributed by atoms with Crippen molar-refractivity contribution in [3.63, 3.8) is 0 Å². The fourth-order valence-corrected chi connectivity index (χ4v) is 11.5. The predicted molar refractivity (Wildman–Crippen MR) is 333 cm³/mol. The molecule has 8 nitrogen and oxygen atoms in total. The molecule has 0 fully saturated rings. The van der Waals surface area contributed by atoms with Crippen molar-refractivity contribution in [3.05, 3.63) is 246 Å². The Bertz CT molecular complexity index is 4630. The SMILES string of the molecule is CC(C)(C)c1ccc2c(c1)c1ccccc1n2-c1cc(-c2cccc(C#N)c2)ccc1-c1nc(-c2cccc(-c3cccc(C#N)c3)c2)nc(-c2ccc(-c3cccc(C#N)c3)cc2-n2c3ccccc3c3cc(C(C)(C)C)ccc32)n1. The van der Waals surface area contributed by atoms with E-state index in [1.54, 1.807) is 0 Å². The van der Waals surface area contributed by atoms with Crippen LogP contribution in [-0.2, 0) is 10.8 Å². The van der Waals surface area contributed by atoms with Crippen LogP contribution in [0, 0.1) is 34.0 Å². The van der Waals surface area contributed by atoms with Gasteiger partial charge in [-0.05, 0) is 158 Å². The summed E-state index contributed by atoms with van der Waals surface area (Å²) in [6.45, 7) is 13.5. The van der Waals surface area contributed by atoms with Crippen LogP contribution in [0.25, 0.3) is 123 Å². The van der Waals surface area contributed by atoms with Gasteiger partial charge < -0.3 is 9.13 Å². The zero-order valence-electron chi connectivity index (χ0n) is 46.4. The summed E-state index contributed by atoms with van der Waals surface area (Å²) in [6, 6.07) is 81.7. The van der Waals surface area contributed by atoms with Crippen LogP contribution in [0.3, 0.4) is 0 Å². The third kappa shape index (κ3) is 9.02. The highest BCUT2D eigenvalue weighted by Crippen LogP contribution is 2.43. The second-order valence-corrected chi connectivity index (χ2v) is 23.1. The molecule has 3 heterocycles. The lowest BCUT2D eigenvalue weighted by Gasteiger charge is -2.20. The number of benzene rings is 10. The van der Waals surface area contributed by atoms with Gasteiger partial charge in [-0.1, -0.05) is 157 Å². The molecule has 0 spiro atoms. The summed E-state index contributed by atoms with van der Waals surface area (Å²) in [4.78, 5) is 16.7. The van der Waals surface area contributed by atoms with E-state index in [1.165, 1.54) is 11.1 Å². The van der Waals surface area contributed by atoms with Gasteiger partial charge >= 0.3 is 0 Å². The molecule has 0 aliphatic rings. The maximum absolute atomic E-state index is 10.1. The highest BCUT2D eigenvalue weighted by molar-refractivity contribution is 6.11. The minimum atomic E-state index is -0.0892. The Hall–Kier alpha value is -10.7. The number of hydrogen-bond donors (Lipinski definition) is 0. The van der Waals surface area contributed by atoms with Crippen molar-refractivity contribution < 1.29 is 0 Å². The van der Waals surface area contributed by atoms with Crippen LogP contribution < -0.4 is 0 Å². The predicted octanol–water partition coefficient (Wildman–Crippen LogP) is 18.3. The van der Waals surface area contributed by atoms with Gasteiger partial charge in [0.05, 0.1) is 68.3 Å². The first-order chi connectivity index (χ1) is 39.7. The molecule has 13 aromatic rings. The molecule has 0 atom stereocenters. The molecule has 0 N–H and O–H groups in total. The van der Waals surface area contributed by atoms with Crippen molar-refractivity contribution in [1.82, 2.24) is 24.1 Å². The summed E-state index contributed by atoms with van der Waals surface area (Å²) < 4.78 is 4.66. The van der Waals surface area contributed by atoms with E-state index in [1.807, 2.05) is 91.0 Å². The van der Waals surface area contributed by atoms with E-state index in [-0.39, 0.29) is 10.8 Å². The second-order valence-electron chi connectivity index (χ2n) is 23.1. The van der Waals surface area contributed by atoms with Gasteiger partial charge in [0.25, 0.3) is 0 Å². The largest absolute Gasteiger partial charge is 0.308 e. The van der Waals surface area contributed by atoms with E-state index < -0.39 is 0 Å². The molecule has 0 radical (unpaired) electrons. The van der Waals surface area contributed by atoms with E-state index in [2.05, 4.69) is 196 Å². The van der Waals surface area contributed by atoms with E-state index in [9.17, 15) is 15.8 Å². The van der Waals surface area contributed by atoms with Crippen LogP contribution in [0.1, 0.15) is 69.4 Å². The van der Waals surface area contributed by atoms with Crippen LogP contribution in [0.2, 0.25) is 0 Å². The Morgan fingerprint density at radius 2 is 0.659 bits per heavy atom. The van der Waals surface area contributed by atoms with Gasteiger partial charge in [-0.25, -0.2) is 15.0 Å². The first-order valence-electron chi connectivity index (χ1n) is 27.5. The maximum Gasteiger partial charge on any atom is 0.166 e. The number of hydrogen-bond acceptors (Lipinski definition) is 6. The van der Waals surface area contributed by atoms with Gasteiger partial charge in [0.1, 0.15) is 0 Å². The van der Waals surface area contributed by atoms with Crippen LogP contribution in [0.4, 0.5) is 0 Å². The third-order valence-corrected chi connectivity index (χ3v) is 15.8. The standard InChI is InChI=1S/C74H54N8/c1-73(2,3)56-29-33-66-62(41-56)58-23-7-9-25-64(58)81(66)68-39-53(50-19-12-16-47(36-50)44-76)27-31-60(68)71-78-70(55-22-14-21-52(38-55)49-18-11-15-46(35-49)43-75)79-72(80-71)61-32-28-54(51-20-13-17-48(37-51)45-77)40-69(61)82-65-26-10-8-24-59(65)63-42-57(74(4,5)6)30-34-67(63)82/h7-42H,1-6H3. The normalized spacial score (nSPS) is 11.7. The molecule has 0 aliphatic carbocycles. The maximum atomic E-state index is 10.1. The summed E-state index contributed by atoms with van der Waals surface area (Å²) >= 11 is 0. The summed E-state index contributed by atoms with van der Waals surface area (Å²) in [6.07, 6.45) is 0. The van der Waals surface area contributed by atoms with E-state index in [0.717, 1.165) is 105 Å². The number of nitrogens with zero attached hydrogens (tertiary/aromatic N) is 8. The summed E-state index contributed by atoms with van der Waals surface area (Å²) in [7, 11) is 0. The molecule has 0 saturated heterocycles. The van der Waals surface area contributed by atoms with E-state index in [4.69, 9.17) is 15.0 Å². The molecule has 3 aromatic heterocycles. The monoisotopic (exact) mass is 1050 g/mol. The Labute approximate surface area is 476 Å². The van der Waals surface area contributed by atoms with Crippen molar-refractivity contribution >= 4 is 43.6 Å².